The molecule has 12 heavy (non-hydrogen) atoms. The molecule has 6 nitrogen and oxygen atoms in total. The van der Waals surface area contributed by atoms with E-state index < -0.39 is 18.1 Å². The number of rotatable bonds is 0. The van der Waals surface area contributed by atoms with E-state index in [1.807, 2.05) is 0 Å². The fourth-order valence-corrected chi connectivity index (χ4v) is 0.672. The third-order valence-electron chi connectivity index (χ3n) is 1.23. The maximum atomic E-state index is 10.5. The van der Waals surface area contributed by atoms with Crippen molar-refractivity contribution in [2.45, 2.75) is 12.0 Å². The molecule has 0 saturated carbocycles. The minimum atomic E-state index is -2.13. The van der Waals surface area contributed by atoms with Gasteiger partial charge in [0, 0.05) is 0 Å². The standard InChI is InChI=1S/C6HN3O3/c1-8-6(9-2)4(3-7)11-5(10)12-6/h4H. The first-order valence-electron chi connectivity index (χ1n) is 2.75. The van der Waals surface area contributed by atoms with Crippen LogP contribution in [0.15, 0.2) is 0 Å². The average Bonchev–Trinajstić information content (AvgIpc) is 2.42. The van der Waals surface area contributed by atoms with Crippen LogP contribution in [0.1, 0.15) is 0 Å². The fourth-order valence-electron chi connectivity index (χ4n) is 0.672. The van der Waals surface area contributed by atoms with E-state index in [0.717, 1.165) is 0 Å². The molecule has 1 unspecified atom stereocenters. The first-order chi connectivity index (χ1) is 5.68. The molecule has 1 rings (SSSR count). The summed E-state index contributed by atoms with van der Waals surface area (Å²) < 4.78 is 8.52. The highest BCUT2D eigenvalue weighted by Gasteiger charge is 2.68. The predicted octanol–water partition coefficient (Wildman–Crippen LogP) is 0.538. The van der Waals surface area contributed by atoms with E-state index in [4.69, 9.17) is 18.4 Å². The van der Waals surface area contributed by atoms with Crippen molar-refractivity contribution in [3.8, 4) is 6.07 Å². The number of nitrogens with zero attached hydrogens (tertiary/aromatic N) is 3. The van der Waals surface area contributed by atoms with Crippen LogP contribution in [0.5, 0.6) is 0 Å². The van der Waals surface area contributed by atoms with Crippen molar-refractivity contribution in [1.82, 2.24) is 0 Å². The quantitative estimate of drug-likeness (QED) is 0.386. The number of hydrogen-bond donors (Lipinski definition) is 0. The van der Waals surface area contributed by atoms with Crippen LogP contribution in [0.2, 0.25) is 0 Å². The molecule has 58 valence electrons. The van der Waals surface area contributed by atoms with Crippen molar-refractivity contribution in [3.63, 3.8) is 0 Å². The molecule has 0 aromatic carbocycles. The van der Waals surface area contributed by atoms with Crippen molar-refractivity contribution in [3.05, 3.63) is 22.8 Å². The summed E-state index contributed by atoms with van der Waals surface area (Å²) in [5.74, 6) is -2.13. The molecule has 0 bridgehead atoms. The van der Waals surface area contributed by atoms with Crippen molar-refractivity contribution < 1.29 is 14.3 Å². The normalized spacial score (nSPS) is 24.1. The van der Waals surface area contributed by atoms with Crippen LogP contribution in [-0.2, 0) is 9.47 Å². The van der Waals surface area contributed by atoms with E-state index in [0.29, 0.717) is 0 Å². The third-order valence-corrected chi connectivity index (χ3v) is 1.23. The van der Waals surface area contributed by atoms with Crippen LogP contribution in [-0.4, -0.2) is 18.1 Å². The molecule has 1 fully saturated rings. The van der Waals surface area contributed by atoms with Crippen LogP contribution < -0.4 is 0 Å². The van der Waals surface area contributed by atoms with E-state index in [-0.39, 0.29) is 0 Å². The van der Waals surface area contributed by atoms with E-state index in [1.54, 1.807) is 0 Å². The van der Waals surface area contributed by atoms with Gasteiger partial charge in [-0.05, 0) is 0 Å². The molecule has 0 aliphatic carbocycles. The molecule has 0 aromatic rings. The Morgan fingerprint density at radius 2 is 2.17 bits per heavy atom. The highest BCUT2D eigenvalue weighted by molar-refractivity contribution is 5.65. The molecular formula is C6HN3O3. The molecule has 1 saturated heterocycles. The van der Waals surface area contributed by atoms with Crippen LogP contribution in [0.25, 0.3) is 9.69 Å². The minimum Gasteiger partial charge on any atom is -0.393 e. The Hall–Kier alpha value is -2.26. The van der Waals surface area contributed by atoms with E-state index >= 15 is 0 Å². The molecule has 1 aliphatic heterocycles. The van der Waals surface area contributed by atoms with Gasteiger partial charge in [0.2, 0.25) is 0 Å². The Labute approximate surface area is 67.5 Å². The van der Waals surface area contributed by atoms with Crippen LogP contribution >= 0.6 is 0 Å². The summed E-state index contributed by atoms with van der Waals surface area (Å²) in [6, 6.07) is 1.49. The molecule has 0 spiro atoms. The summed E-state index contributed by atoms with van der Waals surface area (Å²) >= 11 is 0. The molecule has 0 radical (unpaired) electrons. The number of ether oxygens (including phenoxy) is 2. The van der Waals surface area contributed by atoms with Gasteiger partial charge < -0.3 is 4.74 Å². The first kappa shape index (κ1) is 7.84. The average molecular weight is 163 g/mol. The van der Waals surface area contributed by atoms with Crippen LogP contribution in [0, 0.1) is 24.5 Å². The highest BCUT2D eigenvalue weighted by atomic mass is 16.8. The maximum Gasteiger partial charge on any atom is 0.713 e. The second-order valence-corrected chi connectivity index (χ2v) is 1.86. The largest absolute Gasteiger partial charge is 0.713 e. The molecule has 6 heteroatoms. The Morgan fingerprint density at radius 1 is 1.58 bits per heavy atom. The zero-order chi connectivity index (χ0) is 9.19. The van der Waals surface area contributed by atoms with Gasteiger partial charge in [-0.25, -0.2) is 17.9 Å². The Bertz CT molecular complexity index is 329. The summed E-state index contributed by atoms with van der Waals surface area (Å²) in [5, 5.41) is 8.39. The van der Waals surface area contributed by atoms with E-state index in [9.17, 15) is 4.79 Å². The van der Waals surface area contributed by atoms with Crippen molar-refractivity contribution >= 4 is 6.16 Å². The van der Waals surface area contributed by atoms with Gasteiger partial charge in [-0.2, -0.15) is 15.0 Å². The van der Waals surface area contributed by atoms with Gasteiger partial charge in [-0.3, -0.25) is 4.74 Å². The lowest BCUT2D eigenvalue weighted by atomic mass is 10.3. The van der Waals surface area contributed by atoms with Gasteiger partial charge in [0.15, 0.2) is 0 Å². The van der Waals surface area contributed by atoms with Crippen LogP contribution in [0.4, 0.5) is 4.79 Å². The lowest BCUT2D eigenvalue weighted by Crippen LogP contribution is -2.31. The predicted molar refractivity (Wildman–Crippen MR) is 32.9 cm³/mol. The fraction of sp³-hybridized carbons (Fsp3) is 0.333. The first-order valence-corrected chi connectivity index (χ1v) is 2.75. The smallest absolute Gasteiger partial charge is 0.393 e. The number of carbonyl (C=O) groups is 1. The summed E-state index contributed by atoms with van der Waals surface area (Å²) in [6.45, 7) is 13.1. The number of carbonyl (C=O) groups excluding carboxylic acids is 1. The van der Waals surface area contributed by atoms with Gasteiger partial charge in [0.25, 0.3) is 0 Å². The molecule has 1 aliphatic rings. The Balaban J connectivity index is 3.08. The van der Waals surface area contributed by atoms with E-state index in [2.05, 4.69) is 19.2 Å². The molecule has 0 aromatic heterocycles. The summed E-state index contributed by atoms with van der Waals surface area (Å²) in [4.78, 5) is 16.0. The minimum absolute atomic E-state index is 1.16. The number of nitriles is 1. The summed E-state index contributed by atoms with van der Waals surface area (Å²) in [6.07, 6.45) is -2.62. The van der Waals surface area contributed by atoms with Gasteiger partial charge in [-0.15, -0.1) is 0 Å². The zero-order valence-corrected chi connectivity index (χ0v) is 5.64. The lowest BCUT2D eigenvalue weighted by Gasteiger charge is -1.97. The monoisotopic (exact) mass is 163 g/mol. The molecule has 1 heterocycles. The van der Waals surface area contributed by atoms with Crippen molar-refractivity contribution in [1.29, 1.82) is 5.26 Å². The number of hydrogen-bond acceptors (Lipinski definition) is 4. The Morgan fingerprint density at radius 3 is 2.50 bits per heavy atom. The SMILES string of the molecule is [C-]#[N+]C1([N+]#[C-])OC(=O)OC1C#N. The molecule has 0 amide bonds. The molecular weight excluding hydrogens is 162 g/mol. The summed E-state index contributed by atoms with van der Waals surface area (Å²) in [5.41, 5.74) is 0. The van der Waals surface area contributed by atoms with Gasteiger partial charge in [0.05, 0.1) is 0 Å². The van der Waals surface area contributed by atoms with Crippen molar-refractivity contribution in [2.24, 2.45) is 0 Å². The zero-order valence-electron chi connectivity index (χ0n) is 5.64. The summed E-state index contributed by atoms with van der Waals surface area (Å²) in [7, 11) is 0. The molecule has 0 N–H and O–H groups in total. The maximum absolute atomic E-state index is 10.5. The number of cyclic esters (lactones) is 2. The lowest BCUT2D eigenvalue weighted by molar-refractivity contribution is 0.108. The third kappa shape index (κ3) is 0.817. The van der Waals surface area contributed by atoms with Gasteiger partial charge >= 0.3 is 18.1 Å². The van der Waals surface area contributed by atoms with Gasteiger partial charge in [0.1, 0.15) is 6.07 Å². The molecule has 1 atom stereocenters. The van der Waals surface area contributed by atoms with E-state index in [1.165, 1.54) is 6.07 Å². The van der Waals surface area contributed by atoms with Gasteiger partial charge in [-0.1, -0.05) is 0 Å². The highest BCUT2D eigenvalue weighted by Crippen LogP contribution is 2.29. The topological polar surface area (TPSA) is 68.0 Å². The second-order valence-electron chi connectivity index (χ2n) is 1.86. The second kappa shape index (κ2) is 2.41. The van der Waals surface area contributed by atoms with Crippen LogP contribution in [0.3, 0.4) is 0 Å². The van der Waals surface area contributed by atoms with Crippen molar-refractivity contribution in [2.75, 3.05) is 0 Å². The Kier molecular flexibility index (Phi) is 1.58.